The molecular formula is C9H13NO. The molecule has 0 bridgehead atoms. The van der Waals surface area contributed by atoms with Crippen molar-refractivity contribution in [2.45, 2.75) is 20.0 Å². The monoisotopic (exact) mass is 151 g/mol. The SMILES string of the molecule is CCc1cc(N)ccc1CO. The molecule has 0 saturated heterocycles. The number of rotatable bonds is 2. The summed E-state index contributed by atoms with van der Waals surface area (Å²) < 4.78 is 0. The largest absolute Gasteiger partial charge is 0.399 e. The van der Waals surface area contributed by atoms with E-state index in [0.717, 1.165) is 23.2 Å². The maximum Gasteiger partial charge on any atom is 0.0684 e. The Bertz CT molecular complexity index is 245. The Labute approximate surface area is 66.7 Å². The Hall–Kier alpha value is -1.02. The van der Waals surface area contributed by atoms with E-state index in [1.54, 1.807) is 0 Å². The molecule has 0 aliphatic rings. The van der Waals surface area contributed by atoms with E-state index < -0.39 is 0 Å². The minimum absolute atomic E-state index is 0.101. The highest BCUT2D eigenvalue weighted by molar-refractivity contribution is 5.44. The third kappa shape index (κ3) is 1.71. The van der Waals surface area contributed by atoms with Crippen LogP contribution in [0.25, 0.3) is 0 Å². The zero-order chi connectivity index (χ0) is 8.27. The van der Waals surface area contributed by atoms with Crippen molar-refractivity contribution in [3.05, 3.63) is 29.3 Å². The molecule has 1 rings (SSSR count). The number of aliphatic hydroxyl groups is 1. The average Bonchev–Trinajstić information content (AvgIpc) is 2.04. The van der Waals surface area contributed by atoms with Crippen molar-refractivity contribution in [3.63, 3.8) is 0 Å². The third-order valence-corrected chi connectivity index (χ3v) is 1.78. The van der Waals surface area contributed by atoms with Crippen molar-refractivity contribution in [2.75, 3.05) is 5.73 Å². The van der Waals surface area contributed by atoms with Crippen LogP contribution in [0.4, 0.5) is 5.69 Å². The van der Waals surface area contributed by atoms with Gasteiger partial charge in [0, 0.05) is 5.69 Å². The Kier molecular flexibility index (Phi) is 2.49. The lowest BCUT2D eigenvalue weighted by Crippen LogP contribution is -1.94. The molecule has 1 aromatic rings. The van der Waals surface area contributed by atoms with Crippen molar-refractivity contribution in [3.8, 4) is 0 Å². The van der Waals surface area contributed by atoms with Crippen LogP contribution in [-0.2, 0) is 13.0 Å². The molecule has 0 fully saturated rings. The number of aryl methyl sites for hydroxylation is 1. The Morgan fingerprint density at radius 3 is 2.64 bits per heavy atom. The highest BCUT2D eigenvalue weighted by atomic mass is 16.3. The average molecular weight is 151 g/mol. The molecule has 2 nitrogen and oxygen atoms in total. The molecular weight excluding hydrogens is 138 g/mol. The van der Waals surface area contributed by atoms with E-state index in [9.17, 15) is 0 Å². The van der Waals surface area contributed by atoms with Gasteiger partial charge in [-0.3, -0.25) is 0 Å². The topological polar surface area (TPSA) is 46.2 Å². The van der Waals surface area contributed by atoms with Crippen LogP contribution >= 0.6 is 0 Å². The van der Waals surface area contributed by atoms with Gasteiger partial charge in [0.15, 0.2) is 0 Å². The van der Waals surface area contributed by atoms with E-state index in [4.69, 9.17) is 10.8 Å². The summed E-state index contributed by atoms with van der Waals surface area (Å²) in [4.78, 5) is 0. The van der Waals surface area contributed by atoms with Crippen LogP contribution in [0.2, 0.25) is 0 Å². The molecule has 0 spiro atoms. The summed E-state index contributed by atoms with van der Waals surface area (Å²) in [5.41, 5.74) is 8.44. The second kappa shape index (κ2) is 3.39. The second-order valence-corrected chi connectivity index (χ2v) is 2.54. The summed E-state index contributed by atoms with van der Waals surface area (Å²) in [6.07, 6.45) is 0.918. The van der Waals surface area contributed by atoms with Gasteiger partial charge in [0.05, 0.1) is 6.61 Å². The van der Waals surface area contributed by atoms with Crippen molar-refractivity contribution >= 4 is 5.69 Å². The zero-order valence-electron chi connectivity index (χ0n) is 6.67. The predicted molar refractivity (Wildman–Crippen MR) is 46.2 cm³/mol. The molecule has 60 valence electrons. The molecule has 0 radical (unpaired) electrons. The number of nitrogens with two attached hydrogens (primary N) is 1. The molecule has 0 heterocycles. The summed E-state index contributed by atoms with van der Waals surface area (Å²) in [5.74, 6) is 0. The zero-order valence-corrected chi connectivity index (χ0v) is 6.67. The van der Waals surface area contributed by atoms with Crippen LogP contribution in [0.15, 0.2) is 18.2 Å². The van der Waals surface area contributed by atoms with Gasteiger partial charge in [0.25, 0.3) is 0 Å². The highest BCUT2D eigenvalue weighted by Gasteiger charge is 1.98. The van der Waals surface area contributed by atoms with Crippen LogP contribution in [0.1, 0.15) is 18.1 Å². The standard InChI is InChI=1S/C9H13NO/c1-2-7-5-9(10)4-3-8(7)6-11/h3-5,11H,2,6,10H2,1H3. The first-order valence-corrected chi connectivity index (χ1v) is 3.76. The highest BCUT2D eigenvalue weighted by Crippen LogP contribution is 2.13. The lowest BCUT2D eigenvalue weighted by Gasteiger charge is -2.04. The molecule has 3 N–H and O–H groups in total. The number of benzene rings is 1. The van der Waals surface area contributed by atoms with Crippen molar-refractivity contribution in [2.24, 2.45) is 0 Å². The molecule has 0 aliphatic carbocycles. The molecule has 0 aromatic heterocycles. The minimum atomic E-state index is 0.101. The van der Waals surface area contributed by atoms with Crippen molar-refractivity contribution in [1.82, 2.24) is 0 Å². The quantitative estimate of drug-likeness (QED) is 0.626. The number of aliphatic hydroxyl groups excluding tert-OH is 1. The lowest BCUT2D eigenvalue weighted by atomic mass is 10.1. The normalized spacial score (nSPS) is 10.0. The minimum Gasteiger partial charge on any atom is -0.399 e. The van der Waals surface area contributed by atoms with Crippen LogP contribution < -0.4 is 5.73 Å². The van der Waals surface area contributed by atoms with Gasteiger partial charge in [0.1, 0.15) is 0 Å². The molecule has 0 aliphatic heterocycles. The molecule has 11 heavy (non-hydrogen) atoms. The van der Waals surface area contributed by atoms with Crippen LogP contribution in [0.5, 0.6) is 0 Å². The summed E-state index contributed by atoms with van der Waals surface area (Å²) in [5, 5.41) is 8.90. The van der Waals surface area contributed by atoms with Gasteiger partial charge >= 0.3 is 0 Å². The van der Waals surface area contributed by atoms with Crippen LogP contribution in [0.3, 0.4) is 0 Å². The van der Waals surface area contributed by atoms with Gasteiger partial charge in [-0.1, -0.05) is 13.0 Å². The van der Waals surface area contributed by atoms with E-state index in [-0.39, 0.29) is 6.61 Å². The predicted octanol–water partition coefficient (Wildman–Crippen LogP) is 1.32. The number of hydrogen-bond acceptors (Lipinski definition) is 2. The van der Waals surface area contributed by atoms with Gasteiger partial charge in [-0.15, -0.1) is 0 Å². The van der Waals surface area contributed by atoms with E-state index in [0.29, 0.717) is 0 Å². The summed E-state index contributed by atoms with van der Waals surface area (Å²) >= 11 is 0. The van der Waals surface area contributed by atoms with Crippen molar-refractivity contribution < 1.29 is 5.11 Å². The first kappa shape index (κ1) is 8.08. The Morgan fingerprint density at radius 1 is 1.36 bits per heavy atom. The maximum atomic E-state index is 8.90. The molecule has 2 heteroatoms. The van der Waals surface area contributed by atoms with Crippen LogP contribution in [-0.4, -0.2) is 5.11 Å². The van der Waals surface area contributed by atoms with Gasteiger partial charge in [-0.25, -0.2) is 0 Å². The Balaban J connectivity index is 3.06. The molecule has 1 aromatic carbocycles. The first-order chi connectivity index (χ1) is 5.27. The van der Waals surface area contributed by atoms with Gasteiger partial charge < -0.3 is 10.8 Å². The van der Waals surface area contributed by atoms with Crippen LogP contribution in [0, 0.1) is 0 Å². The summed E-state index contributed by atoms with van der Waals surface area (Å²) in [6.45, 7) is 2.15. The molecule has 0 saturated carbocycles. The van der Waals surface area contributed by atoms with Gasteiger partial charge in [-0.2, -0.15) is 0 Å². The second-order valence-electron chi connectivity index (χ2n) is 2.54. The maximum absolute atomic E-state index is 8.90. The fourth-order valence-corrected chi connectivity index (χ4v) is 1.13. The van der Waals surface area contributed by atoms with Gasteiger partial charge in [0.2, 0.25) is 0 Å². The van der Waals surface area contributed by atoms with E-state index in [1.807, 2.05) is 25.1 Å². The van der Waals surface area contributed by atoms with E-state index in [1.165, 1.54) is 0 Å². The smallest absolute Gasteiger partial charge is 0.0684 e. The third-order valence-electron chi connectivity index (χ3n) is 1.78. The molecule has 0 atom stereocenters. The summed E-state index contributed by atoms with van der Waals surface area (Å²) in [7, 11) is 0. The molecule has 0 amide bonds. The van der Waals surface area contributed by atoms with E-state index >= 15 is 0 Å². The van der Waals surface area contributed by atoms with E-state index in [2.05, 4.69) is 0 Å². The lowest BCUT2D eigenvalue weighted by molar-refractivity contribution is 0.280. The number of nitrogen functional groups attached to an aromatic ring is 1. The van der Waals surface area contributed by atoms with Gasteiger partial charge in [-0.05, 0) is 29.7 Å². The molecule has 0 unspecified atom stereocenters. The number of hydrogen-bond donors (Lipinski definition) is 2. The number of anilines is 1. The summed E-state index contributed by atoms with van der Waals surface area (Å²) in [6, 6.07) is 5.59. The van der Waals surface area contributed by atoms with Crippen molar-refractivity contribution in [1.29, 1.82) is 0 Å². The first-order valence-electron chi connectivity index (χ1n) is 3.76. The fourth-order valence-electron chi connectivity index (χ4n) is 1.13. The fraction of sp³-hybridized carbons (Fsp3) is 0.333. The Morgan fingerprint density at radius 2 is 2.09 bits per heavy atom.